The number of hydrogen-bond donors (Lipinski definition) is 2. The Kier molecular flexibility index (Phi) is 4.07. The molecule has 1 aromatic heterocycles. The third-order valence-corrected chi connectivity index (χ3v) is 4.43. The SMILES string of the molecule is Oc1c(Cl)c(N=Nc2cccc3ccccc23)c(O)n1-c1ccccc1. The van der Waals surface area contributed by atoms with E-state index in [0.29, 0.717) is 11.4 Å². The molecule has 26 heavy (non-hydrogen) atoms. The highest BCUT2D eigenvalue weighted by atomic mass is 35.5. The summed E-state index contributed by atoms with van der Waals surface area (Å²) in [6.45, 7) is 0. The minimum absolute atomic E-state index is 0.0148. The minimum atomic E-state index is -0.290. The fraction of sp³-hybridized carbons (Fsp3) is 0. The average molecular weight is 364 g/mol. The second-order valence-corrected chi connectivity index (χ2v) is 6.06. The van der Waals surface area contributed by atoms with Crippen molar-refractivity contribution in [1.82, 2.24) is 4.57 Å². The van der Waals surface area contributed by atoms with Crippen molar-refractivity contribution in [3.63, 3.8) is 0 Å². The Morgan fingerprint density at radius 3 is 2.23 bits per heavy atom. The van der Waals surface area contributed by atoms with E-state index in [4.69, 9.17) is 11.6 Å². The maximum Gasteiger partial charge on any atom is 0.228 e. The molecule has 0 atom stereocenters. The molecular formula is C20H14ClN3O2. The number of benzene rings is 3. The van der Waals surface area contributed by atoms with Gasteiger partial charge in [0.1, 0.15) is 5.02 Å². The number of fused-ring (bicyclic) bond motifs is 1. The van der Waals surface area contributed by atoms with E-state index >= 15 is 0 Å². The zero-order valence-electron chi connectivity index (χ0n) is 13.5. The summed E-state index contributed by atoms with van der Waals surface area (Å²) in [5.41, 5.74) is 1.22. The first-order valence-corrected chi connectivity index (χ1v) is 8.31. The van der Waals surface area contributed by atoms with Crippen LogP contribution in [0.3, 0.4) is 0 Å². The molecule has 0 aliphatic rings. The van der Waals surface area contributed by atoms with Crippen molar-refractivity contribution in [3.05, 3.63) is 77.8 Å². The maximum atomic E-state index is 10.5. The Hall–Kier alpha value is -3.31. The van der Waals surface area contributed by atoms with Gasteiger partial charge >= 0.3 is 0 Å². The Morgan fingerprint density at radius 2 is 1.42 bits per heavy atom. The molecule has 0 spiro atoms. The Labute approximate surface area is 154 Å². The predicted octanol–water partition coefficient (Wildman–Crippen LogP) is 6.11. The summed E-state index contributed by atoms with van der Waals surface area (Å²) in [5.74, 6) is -0.565. The fourth-order valence-electron chi connectivity index (χ4n) is 2.82. The zero-order valence-corrected chi connectivity index (χ0v) is 14.3. The first-order valence-electron chi connectivity index (χ1n) is 7.94. The number of rotatable bonds is 3. The topological polar surface area (TPSA) is 70.1 Å². The molecule has 0 aliphatic carbocycles. The molecule has 0 fully saturated rings. The van der Waals surface area contributed by atoms with Gasteiger partial charge in [-0.25, -0.2) is 4.57 Å². The van der Waals surface area contributed by atoms with Gasteiger partial charge in [0.2, 0.25) is 11.8 Å². The third kappa shape index (κ3) is 2.68. The lowest BCUT2D eigenvalue weighted by Gasteiger charge is -2.05. The molecule has 1 heterocycles. The second-order valence-electron chi connectivity index (χ2n) is 5.68. The van der Waals surface area contributed by atoms with Gasteiger partial charge in [-0.05, 0) is 23.6 Å². The third-order valence-electron chi connectivity index (χ3n) is 4.08. The molecule has 0 aliphatic heterocycles. The minimum Gasteiger partial charge on any atom is -0.493 e. The Balaban J connectivity index is 1.81. The van der Waals surface area contributed by atoms with E-state index in [1.165, 1.54) is 4.57 Å². The van der Waals surface area contributed by atoms with Crippen molar-refractivity contribution >= 4 is 33.7 Å². The molecule has 128 valence electrons. The van der Waals surface area contributed by atoms with Crippen molar-refractivity contribution in [3.8, 4) is 17.4 Å². The van der Waals surface area contributed by atoms with Crippen LogP contribution in [0, 0.1) is 0 Å². The number of aromatic nitrogens is 1. The van der Waals surface area contributed by atoms with Gasteiger partial charge in [-0.3, -0.25) is 0 Å². The Bertz CT molecular complexity index is 1120. The quantitative estimate of drug-likeness (QED) is 0.431. The molecular weight excluding hydrogens is 350 g/mol. The van der Waals surface area contributed by atoms with Crippen LogP contribution in [0.25, 0.3) is 16.5 Å². The summed E-state index contributed by atoms with van der Waals surface area (Å²) in [7, 11) is 0. The van der Waals surface area contributed by atoms with Crippen molar-refractivity contribution in [2.75, 3.05) is 0 Å². The normalized spacial score (nSPS) is 11.4. The van der Waals surface area contributed by atoms with Crippen LogP contribution in [-0.2, 0) is 0 Å². The molecule has 0 bridgehead atoms. The first-order chi connectivity index (χ1) is 12.7. The highest BCUT2D eigenvalue weighted by Crippen LogP contribution is 2.46. The zero-order chi connectivity index (χ0) is 18.1. The van der Waals surface area contributed by atoms with E-state index in [0.717, 1.165) is 10.8 Å². The van der Waals surface area contributed by atoms with Crippen molar-refractivity contribution in [2.45, 2.75) is 0 Å². The molecule has 0 amide bonds. The molecule has 0 saturated heterocycles. The van der Waals surface area contributed by atoms with Crippen LogP contribution in [0.15, 0.2) is 83.0 Å². The summed E-state index contributed by atoms with van der Waals surface area (Å²) in [4.78, 5) is 0. The van der Waals surface area contributed by atoms with E-state index in [1.54, 1.807) is 24.3 Å². The lowest BCUT2D eigenvalue weighted by Crippen LogP contribution is -1.91. The smallest absolute Gasteiger partial charge is 0.228 e. The van der Waals surface area contributed by atoms with Crippen molar-refractivity contribution < 1.29 is 10.2 Å². The molecule has 4 aromatic rings. The highest BCUT2D eigenvalue weighted by Gasteiger charge is 2.22. The number of hydrogen-bond acceptors (Lipinski definition) is 4. The van der Waals surface area contributed by atoms with Gasteiger partial charge in [0, 0.05) is 5.39 Å². The van der Waals surface area contributed by atoms with E-state index in [-0.39, 0.29) is 22.5 Å². The Morgan fingerprint density at radius 1 is 0.731 bits per heavy atom. The van der Waals surface area contributed by atoms with Crippen LogP contribution >= 0.6 is 11.6 Å². The average Bonchev–Trinajstić information content (AvgIpc) is 2.89. The summed E-state index contributed by atoms with van der Waals surface area (Å²) < 4.78 is 1.22. The van der Waals surface area contributed by atoms with E-state index in [1.807, 2.05) is 48.5 Å². The van der Waals surface area contributed by atoms with E-state index in [2.05, 4.69) is 10.2 Å². The van der Waals surface area contributed by atoms with Gasteiger partial charge in [-0.1, -0.05) is 66.2 Å². The number of para-hydroxylation sites is 1. The summed E-state index contributed by atoms with van der Waals surface area (Å²) in [6, 6.07) is 22.4. The van der Waals surface area contributed by atoms with Gasteiger partial charge in [0.25, 0.3) is 0 Å². The summed E-state index contributed by atoms with van der Waals surface area (Å²) in [5, 5.41) is 31.0. The molecule has 3 aromatic carbocycles. The van der Waals surface area contributed by atoms with Crippen LogP contribution in [0.2, 0.25) is 5.02 Å². The molecule has 2 N–H and O–H groups in total. The van der Waals surface area contributed by atoms with Gasteiger partial charge in [-0.2, -0.15) is 0 Å². The largest absolute Gasteiger partial charge is 0.493 e. The predicted molar refractivity (Wildman–Crippen MR) is 102 cm³/mol. The van der Waals surface area contributed by atoms with Gasteiger partial charge in [-0.15, -0.1) is 10.2 Å². The maximum absolute atomic E-state index is 10.5. The standard InChI is InChI=1S/C20H14ClN3O2/c21-17-18(20(26)24(19(17)25)14-9-2-1-3-10-14)23-22-16-12-6-8-13-7-4-5-11-15(13)16/h1-12,25-26H. The number of aromatic hydroxyl groups is 2. The van der Waals surface area contributed by atoms with Crippen LogP contribution in [0.1, 0.15) is 0 Å². The van der Waals surface area contributed by atoms with Crippen molar-refractivity contribution in [1.29, 1.82) is 0 Å². The fourth-order valence-corrected chi connectivity index (χ4v) is 3.02. The van der Waals surface area contributed by atoms with Gasteiger partial charge in [0.15, 0.2) is 5.69 Å². The monoisotopic (exact) mass is 363 g/mol. The first kappa shape index (κ1) is 16.2. The highest BCUT2D eigenvalue weighted by molar-refractivity contribution is 6.34. The molecule has 0 unspecified atom stereocenters. The molecule has 0 saturated carbocycles. The van der Waals surface area contributed by atoms with Gasteiger partial charge in [0.05, 0.1) is 11.4 Å². The van der Waals surface area contributed by atoms with Crippen LogP contribution < -0.4 is 0 Å². The summed E-state index contributed by atoms with van der Waals surface area (Å²) >= 11 is 6.17. The molecule has 6 heteroatoms. The van der Waals surface area contributed by atoms with Crippen molar-refractivity contribution in [2.24, 2.45) is 10.2 Å². The van der Waals surface area contributed by atoms with E-state index < -0.39 is 0 Å². The van der Waals surface area contributed by atoms with E-state index in [9.17, 15) is 10.2 Å². The molecule has 0 radical (unpaired) electrons. The van der Waals surface area contributed by atoms with Gasteiger partial charge < -0.3 is 10.2 Å². The second kappa shape index (κ2) is 6.54. The van der Waals surface area contributed by atoms with Crippen LogP contribution in [0.4, 0.5) is 11.4 Å². The summed E-state index contributed by atoms with van der Waals surface area (Å²) in [6.07, 6.45) is 0. The number of nitrogens with zero attached hydrogens (tertiary/aromatic N) is 3. The number of halogens is 1. The molecule has 4 rings (SSSR count). The molecule has 5 nitrogen and oxygen atoms in total. The lowest BCUT2D eigenvalue weighted by molar-refractivity contribution is 0.403. The number of azo groups is 1. The lowest BCUT2D eigenvalue weighted by atomic mass is 10.1. The van der Waals surface area contributed by atoms with Crippen LogP contribution in [-0.4, -0.2) is 14.8 Å². The van der Waals surface area contributed by atoms with Crippen LogP contribution in [0.5, 0.6) is 11.8 Å².